The predicted molar refractivity (Wildman–Crippen MR) is 118 cm³/mol. The van der Waals surface area contributed by atoms with Crippen LogP contribution in [0.5, 0.6) is 5.75 Å². The van der Waals surface area contributed by atoms with Crippen molar-refractivity contribution in [2.24, 2.45) is 5.92 Å². The molecule has 1 aliphatic heterocycles. The van der Waals surface area contributed by atoms with E-state index in [0.29, 0.717) is 40.0 Å². The second kappa shape index (κ2) is 10.6. The fourth-order valence-corrected chi connectivity index (χ4v) is 3.86. The zero-order valence-corrected chi connectivity index (χ0v) is 17.9. The fourth-order valence-electron chi connectivity index (χ4n) is 3.71. The zero-order chi connectivity index (χ0) is 21.5. The number of halogens is 2. The molecule has 7 heteroatoms. The van der Waals surface area contributed by atoms with Gasteiger partial charge in [0, 0.05) is 12.6 Å². The quantitative estimate of drug-likeness (QED) is 0.615. The van der Waals surface area contributed by atoms with Crippen LogP contribution in [0.4, 0.5) is 10.1 Å². The van der Waals surface area contributed by atoms with Crippen LogP contribution in [0.1, 0.15) is 35.2 Å². The Hall–Kier alpha value is -2.31. The van der Waals surface area contributed by atoms with Crippen LogP contribution in [0, 0.1) is 18.2 Å². The lowest BCUT2D eigenvalue weighted by Gasteiger charge is -2.32. The first-order valence-electron chi connectivity index (χ1n) is 10.2. The molecule has 0 aromatic heterocycles. The Morgan fingerprint density at radius 2 is 2.07 bits per heavy atom. The molecular weight excluding hydrogens is 405 g/mol. The number of ether oxygens (including phenoxy) is 1. The Labute approximate surface area is 182 Å². The number of nitrogens with zero attached hydrogens (tertiary/aromatic N) is 1. The van der Waals surface area contributed by atoms with Crippen LogP contribution in [-0.4, -0.2) is 44.1 Å². The maximum Gasteiger partial charge on any atom is 0.255 e. The summed E-state index contributed by atoms with van der Waals surface area (Å²) < 4.78 is 18.9. The highest BCUT2D eigenvalue weighted by Crippen LogP contribution is 2.29. The summed E-state index contributed by atoms with van der Waals surface area (Å²) in [4.78, 5) is 15.0. The van der Waals surface area contributed by atoms with Gasteiger partial charge in [-0.2, -0.15) is 0 Å². The van der Waals surface area contributed by atoms with Crippen LogP contribution >= 0.6 is 11.6 Å². The van der Waals surface area contributed by atoms with E-state index in [1.807, 2.05) is 12.5 Å². The Kier molecular flexibility index (Phi) is 7.94. The smallest absolute Gasteiger partial charge is 0.255 e. The molecule has 1 fully saturated rings. The molecule has 3 N–H and O–H groups in total. The number of nitrogen functional groups attached to an aromatic ring is 1. The van der Waals surface area contributed by atoms with Crippen molar-refractivity contribution in [2.75, 3.05) is 39.0 Å². The van der Waals surface area contributed by atoms with Crippen LogP contribution in [-0.2, 0) is 0 Å². The van der Waals surface area contributed by atoms with Crippen molar-refractivity contribution >= 4 is 23.2 Å². The Morgan fingerprint density at radius 1 is 1.33 bits per heavy atom. The van der Waals surface area contributed by atoms with Crippen LogP contribution in [0.15, 0.2) is 36.4 Å². The molecule has 5 nitrogen and oxygen atoms in total. The molecular formula is C23H28ClFN3O2. The molecule has 30 heavy (non-hydrogen) atoms. The summed E-state index contributed by atoms with van der Waals surface area (Å²) in [5.41, 5.74) is 7.23. The second-order valence-electron chi connectivity index (χ2n) is 7.58. The van der Waals surface area contributed by atoms with Crippen molar-refractivity contribution in [1.29, 1.82) is 0 Å². The van der Waals surface area contributed by atoms with E-state index in [2.05, 4.69) is 10.2 Å². The number of methoxy groups -OCH3 is 1. The highest BCUT2D eigenvalue weighted by atomic mass is 35.5. The maximum atomic E-state index is 13.7. The Morgan fingerprint density at radius 3 is 2.77 bits per heavy atom. The first-order chi connectivity index (χ1) is 14.5. The second-order valence-corrected chi connectivity index (χ2v) is 7.99. The number of likely N-dealkylation sites (tertiary alicyclic amines) is 1. The van der Waals surface area contributed by atoms with Crippen molar-refractivity contribution in [3.8, 4) is 5.75 Å². The molecule has 0 unspecified atom stereocenters. The van der Waals surface area contributed by atoms with Crippen molar-refractivity contribution in [1.82, 2.24) is 10.2 Å². The molecule has 0 bridgehead atoms. The average Bonchev–Trinajstić information content (AvgIpc) is 2.76. The summed E-state index contributed by atoms with van der Waals surface area (Å²) >= 11 is 6.00. The summed E-state index contributed by atoms with van der Waals surface area (Å²) in [5.74, 6) is 0.451. The van der Waals surface area contributed by atoms with Crippen molar-refractivity contribution in [3.63, 3.8) is 0 Å². The topological polar surface area (TPSA) is 67.6 Å². The van der Waals surface area contributed by atoms with Crippen LogP contribution in [0.3, 0.4) is 0 Å². The van der Waals surface area contributed by atoms with Gasteiger partial charge in [-0.3, -0.25) is 4.79 Å². The van der Waals surface area contributed by atoms with E-state index < -0.39 is 0 Å². The number of nitrogens with two attached hydrogens (primary N) is 1. The molecule has 3 rings (SSSR count). The lowest BCUT2D eigenvalue weighted by molar-refractivity contribution is 0.0933. The Balaban J connectivity index is 1.40. The van der Waals surface area contributed by atoms with Gasteiger partial charge in [-0.25, -0.2) is 4.39 Å². The third-order valence-electron chi connectivity index (χ3n) is 5.54. The van der Waals surface area contributed by atoms with Gasteiger partial charge < -0.3 is 20.7 Å². The van der Waals surface area contributed by atoms with Crippen LogP contribution < -0.4 is 15.8 Å². The maximum absolute atomic E-state index is 13.7. The first-order valence-corrected chi connectivity index (χ1v) is 10.6. The largest absolute Gasteiger partial charge is 0.496 e. The minimum absolute atomic E-state index is 0.175. The molecule has 1 aliphatic rings. The third kappa shape index (κ3) is 5.86. The molecule has 1 saturated heterocycles. The number of carbonyl (C=O) groups excluding carboxylic acids is 1. The zero-order valence-electron chi connectivity index (χ0n) is 17.2. The van der Waals surface area contributed by atoms with Gasteiger partial charge >= 0.3 is 0 Å². The normalized spacial score (nSPS) is 15.2. The van der Waals surface area contributed by atoms with Crippen molar-refractivity contribution in [2.45, 2.75) is 19.3 Å². The molecule has 0 aliphatic carbocycles. The fraction of sp³-hybridized carbons (Fsp3) is 0.391. The van der Waals surface area contributed by atoms with Gasteiger partial charge in [0.1, 0.15) is 11.6 Å². The number of amides is 1. The van der Waals surface area contributed by atoms with Crippen LogP contribution in [0.25, 0.3) is 0 Å². The SMILES string of the molecule is COc1cc(Cl)c(N)cc1C(=O)NCC1CCN(CC[CH]c2ccccc2F)CC1. The van der Waals surface area contributed by atoms with Gasteiger partial charge in [-0.05, 0) is 68.9 Å². The standard InChI is InChI=1S/C23H28ClFN3O2/c1-30-22-14-19(24)21(26)13-18(22)23(29)27-15-16-8-11-28(12-9-16)10-4-6-17-5-2-3-7-20(17)25/h2-3,5-7,13-14,16H,4,8-12,15,26H2,1H3,(H,27,29). The number of hydrogen-bond donors (Lipinski definition) is 2. The number of anilines is 1. The highest BCUT2D eigenvalue weighted by molar-refractivity contribution is 6.33. The summed E-state index contributed by atoms with van der Waals surface area (Å²) in [6.07, 6.45) is 4.80. The van der Waals surface area contributed by atoms with Gasteiger partial charge in [-0.15, -0.1) is 0 Å². The summed E-state index contributed by atoms with van der Waals surface area (Å²) in [5, 5.41) is 3.36. The number of carbonyl (C=O) groups is 1. The van der Waals surface area contributed by atoms with Crippen LogP contribution in [0.2, 0.25) is 5.02 Å². The summed E-state index contributed by atoms with van der Waals surface area (Å²) in [7, 11) is 1.50. The number of benzene rings is 2. The van der Waals surface area contributed by atoms with E-state index in [-0.39, 0.29) is 11.7 Å². The third-order valence-corrected chi connectivity index (χ3v) is 5.86. The monoisotopic (exact) mass is 432 g/mol. The molecule has 0 saturated carbocycles. The molecule has 2 aromatic rings. The van der Waals surface area contributed by atoms with Gasteiger partial charge in [0.25, 0.3) is 5.91 Å². The van der Waals surface area contributed by atoms with E-state index >= 15 is 0 Å². The lowest BCUT2D eigenvalue weighted by atomic mass is 9.96. The molecule has 0 atom stereocenters. The average molecular weight is 433 g/mol. The molecule has 161 valence electrons. The molecule has 1 amide bonds. The summed E-state index contributed by atoms with van der Waals surface area (Å²) in [6.45, 7) is 3.47. The van der Waals surface area contributed by atoms with Crippen molar-refractivity contribution in [3.05, 3.63) is 64.8 Å². The van der Waals surface area contributed by atoms with Gasteiger partial charge in [-0.1, -0.05) is 29.8 Å². The van der Waals surface area contributed by atoms with E-state index in [4.69, 9.17) is 22.1 Å². The summed E-state index contributed by atoms with van der Waals surface area (Å²) in [6, 6.07) is 9.94. The first kappa shape index (κ1) is 22.4. The lowest BCUT2D eigenvalue weighted by Crippen LogP contribution is -2.39. The minimum atomic E-state index is -0.211. The number of rotatable bonds is 8. The molecule has 1 heterocycles. The van der Waals surface area contributed by atoms with Gasteiger partial charge in [0.05, 0.1) is 23.4 Å². The number of nitrogens with one attached hydrogen (secondary N) is 1. The van der Waals surface area contributed by atoms with Crippen molar-refractivity contribution < 1.29 is 13.9 Å². The van der Waals surface area contributed by atoms with E-state index in [0.717, 1.165) is 38.9 Å². The number of hydrogen-bond acceptors (Lipinski definition) is 4. The molecule has 2 aromatic carbocycles. The van der Waals surface area contributed by atoms with E-state index in [9.17, 15) is 9.18 Å². The molecule has 0 spiro atoms. The predicted octanol–water partition coefficient (Wildman–Crippen LogP) is 4.15. The molecule has 1 radical (unpaired) electrons. The Bertz CT molecular complexity index is 870. The minimum Gasteiger partial charge on any atom is -0.496 e. The highest BCUT2D eigenvalue weighted by Gasteiger charge is 2.21. The van der Waals surface area contributed by atoms with E-state index in [1.54, 1.807) is 24.3 Å². The van der Waals surface area contributed by atoms with Gasteiger partial charge in [0.2, 0.25) is 0 Å². The van der Waals surface area contributed by atoms with Gasteiger partial charge in [0.15, 0.2) is 0 Å². The number of piperidine rings is 1. The van der Waals surface area contributed by atoms with E-state index in [1.165, 1.54) is 13.2 Å².